The molecule has 17 heavy (non-hydrogen) atoms. The molecule has 1 N–H and O–H groups in total. The molecule has 1 aliphatic heterocycles. The number of β-amino-alcohol motifs (C(OH)–C–C–N with tert-alkyl or cyclic N) is 1. The van der Waals surface area contributed by atoms with Gasteiger partial charge < -0.3 is 10.0 Å². The van der Waals surface area contributed by atoms with Gasteiger partial charge in [-0.05, 0) is 30.4 Å². The molecule has 1 aliphatic rings. The van der Waals surface area contributed by atoms with Crippen LogP contribution in [-0.2, 0) is 5.75 Å². The molecule has 0 saturated carbocycles. The Morgan fingerprint density at radius 1 is 1.59 bits per heavy atom. The molecule has 1 saturated heterocycles. The number of hydrogen-bond donors (Lipinski definition) is 1. The predicted octanol–water partition coefficient (Wildman–Crippen LogP) is 1.76. The Bertz CT molecular complexity index is 408. The fourth-order valence-corrected chi connectivity index (χ4v) is 2.58. The van der Waals surface area contributed by atoms with E-state index in [2.05, 4.69) is 0 Å². The summed E-state index contributed by atoms with van der Waals surface area (Å²) in [5, 5.41) is 9.44. The zero-order valence-corrected chi connectivity index (χ0v) is 10.7. The summed E-state index contributed by atoms with van der Waals surface area (Å²) < 4.78 is 0. The number of nitrogens with zero attached hydrogens (tertiary/aromatic N) is 1. The molecule has 0 spiro atoms. The van der Waals surface area contributed by atoms with Gasteiger partial charge in [0, 0.05) is 24.4 Å². The topological polar surface area (TPSA) is 40.5 Å². The minimum Gasteiger partial charge on any atom is -0.391 e. The first-order valence-corrected chi connectivity index (χ1v) is 7.15. The van der Waals surface area contributed by atoms with Gasteiger partial charge >= 0.3 is 0 Å². The van der Waals surface area contributed by atoms with Crippen molar-refractivity contribution >= 4 is 17.7 Å². The number of likely N-dealkylation sites (tertiary alicyclic amines) is 1. The highest BCUT2D eigenvalue weighted by atomic mass is 32.2. The first-order valence-electron chi connectivity index (χ1n) is 5.76. The molecule has 2 rings (SSSR count). The largest absolute Gasteiger partial charge is 0.391 e. The Labute approximate surface area is 106 Å². The highest BCUT2D eigenvalue weighted by molar-refractivity contribution is 7.97. The summed E-state index contributed by atoms with van der Waals surface area (Å²) in [7, 11) is 0. The van der Waals surface area contributed by atoms with Gasteiger partial charge in [0.2, 0.25) is 0 Å². The molecule has 1 heterocycles. The Kier molecular flexibility index (Phi) is 4.07. The molecule has 0 aliphatic carbocycles. The number of carbonyl (C=O) groups is 1. The van der Waals surface area contributed by atoms with Gasteiger partial charge in [-0.15, -0.1) is 0 Å². The molecular weight excluding hydrogens is 234 g/mol. The second-order valence-corrected chi connectivity index (χ2v) is 5.19. The smallest absolute Gasteiger partial charge is 0.253 e. The summed E-state index contributed by atoms with van der Waals surface area (Å²) in [6.45, 7) is 1.12. The van der Waals surface area contributed by atoms with Crippen LogP contribution in [0.2, 0.25) is 0 Å². The van der Waals surface area contributed by atoms with E-state index in [1.54, 1.807) is 16.7 Å². The van der Waals surface area contributed by atoms with Crippen LogP contribution in [-0.4, -0.2) is 41.4 Å². The number of carbonyl (C=O) groups excluding carboxylic acids is 1. The Balaban J connectivity index is 2.10. The number of aliphatic hydroxyl groups is 1. The number of hydrogen-bond acceptors (Lipinski definition) is 3. The first-order chi connectivity index (χ1) is 8.20. The van der Waals surface area contributed by atoms with Gasteiger partial charge in [-0.1, -0.05) is 12.1 Å². The monoisotopic (exact) mass is 251 g/mol. The van der Waals surface area contributed by atoms with Gasteiger partial charge in [0.15, 0.2) is 0 Å². The maximum absolute atomic E-state index is 12.2. The van der Waals surface area contributed by atoms with E-state index < -0.39 is 0 Å². The van der Waals surface area contributed by atoms with Gasteiger partial charge in [0.05, 0.1) is 6.10 Å². The average molecular weight is 251 g/mol. The minimum atomic E-state index is -0.353. The normalized spacial score (nSPS) is 19.6. The quantitative estimate of drug-likeness (QED) is 0.890. The SMILES string of the molecule is CSCc1cccc(C(=O)N2CC[C@H](O)C2)c1. The van der Waals surface area contributed by atoms with Crippen molar-refractivity contribution < 1.29 is 9.90 Å². The molecule has 0 aromatic heterocycles. The van der Waals surface area contributed by atoms with Crippen LogP contribution in [0.4, 0.5) is 0 Å². The van der Waals surface area contributed by atoms with Crippen molar-refractivity contribution in [1.29, 1.82) is 0 Å². The van der Waals surface area contributed by atoms with Gasteiger partial charge in [0.1, 0.15) is 0 Å². The molecule has 1 aromatic rings. The van der Waals surface area contributed by atoms with Crippen molar-refractivity contribution in [1.82, 2.24) is 4.90 Å². The van der Waals surface area contributed by atoms with Gasteiger partial charge in [-0.25, -0.2) is 0 Å². The van der Waals surface area contributed by atoms with Crippen molar-refractivity contribution in [3.8, 4) is 0 Å². The van der Waals surface area contributed by atoms with Gasteiger partial charge in [0.25, 0.3) is 5.91 Å². The molecule has 0 unspecified atom stereocenters. The standard InChI is InChI=1S/C13H17NO2S/c1-17-9-10-3-2-4-11(7-10)13(16)14-6-5-12(15)8-14/h2-4,7,12,15H,5-6,8-9H2,1H3/t12-/m0/s1. The van der Waals surface area contributed by atoms with E-state index in [0.717, 1.165) is 11.3 Å². The lowest BCUT2D eigenvalue weighted by atomic mass is 10.1. The highest BCUT2D eigenvalue weighted by Gasteiger charge is 2.25. The molecule has 1 amide bonds. The van der Waals surface area contributed by atoms with Crippen LogP contribution in [0.3, 0.4) is 0 Å². The van der Waals surface area contributed by atoms with Crippen molar-refractivity contribution in [3.05, 3.63) is 35.4 Å². The van der Waals surface area contributed by atoms with Crippen molar-refractivity contribution in [2.45, 2.75) is 18.3 Å². The summed E-state index contributed by atoms with van der Waals surface area (Å²) in [6.07, 6.45) is 2.38. The molecule has 1 atom stereocenters. The van der Waals surface area contributed by atoms with Gasteiger partial charge in [-0.3, -0.25) is 4.79 Å². The number of benzene rings is 1. The molecule has 0 bridgehead atoms. The summed E-state index contributed by atoms with van der Waals surface area (Å²) in [5.74, 6) is 0.952. The number of amides is 1. The van der Waals surface area contributed by atoms with Crippen LogP contribution in [0.15, 0.2) is 24.3 Å². The lowest BCUT2D eigenvalue weighted by molar-refractivity contribution is 0.0765. The van der Waals surface area contributed by atoms with Crippen LogP contribution >= 0.6 is 11.8 Å². The third kappa shape index (κ3) is 3.01. The summed E-state index contributed by atoms with van der Waals surface area (Å²) in [4.78, 5) is 13.9. The average Bonchev–Trinajstić information content (AvgIpc) is 2.76. The molecule has 1 fully saturated rings. The fourth-order valence-electron chi connectivity index (χ4n) is 2.07. The number of rotatable bonds is 3. The summed E-state index contributed by atoms with van der Waals surface area (Å²) >= 11 is 1.74. The fraction of sp³-hybridized carbons (Fsp3) is 0.462. The minimum absolute atomic E-state index is 0.0319. The molecule has 92 valence electrons. The third-order valence-corrected chi connectivity index (χ3v) is 3.56. The molecular formula is C13H17NO2S. The Hall–Kier alpha value is -1.00. The third-order valence-electron chi connectivity index (χ3n) is 2.94. The molecule has 0 radical (unpaired) electrons. The summed E-state index contributed by atoms with van der Waals surface area (Å²) in [6, 6.07) is 7.75. The molecule has 3 nitrogen and oxygen atoms in total. The van der Waals surface area contributed by atoms with E-state index in [1.807, 2.05) is 30.5 Å². The van der Waals surface area contributed by atoms with E-state index in [9.17, 15) is 9.90 Å². The zero-order valence-electron chi connectivity index (χ0n) is 9.93. The van der Waals surface area contributed by atoms with Crippen molar-refractivity contribution in [2.75, 3.05) is 19.3 Å². The Morgan fingerprint density at radius 3 is 3.06 bits per heavy atom. The van der Waals surface area contributed by atoms with E-state index in [1.165, 1.54) is 5.56 Å². The second-order valence-electron chi connectivity index (χ2n) is 4.33. The maximum Gasteiger partial charge on any atom is 0.253 e. The van der Waals surface area contributed by atoms with E-state index >= 15 is 0 Å². The van der Waals surface area contributed by atoms with Crippen LogP contribution in [0, 0.1) is 0 Å². The van der Waals surface area contributed by atoms with Crippen LogP contribution in [0.5, 0.6) is 0 Å². The number of aliphatic hydroxyl groups excluding tert-OH is 1. The maximum atomic E-state index is 12.2. The Morgan fingerprint density at radius 2 is 2.41 bits per heavy atom. The van der Waals surface area contributed by atoms with Crippen molar-refractivity contribution in [2.24, 2.45) is 0 Å². The lowest BCUT2D eigenvalue weighted by Gasteiger charge is -2.15. The van der Waals surface area contributed by atoms with Crippen LogP contribution < -0.4 is 0 Å². The molecule has 4 heteroatoms. The second kappa shape index (κ2) is 5.56. The van der Waals surface area contributed by atoms with Crippen molar-refractivity contribution in [3.63, 3.8) is 0 Å². The van der Waals surface area contributed by atoms with Crippen LogP contribution in [0.25, 0.3) is 0 Å². The van der Waals surface area contributed by atoms with Gasteiger partial charge in [-0.2, -0.15) is 11.8 Å². The first kappa shape index (κ1) is 12.5. The molecule has 1 aromatic carbocycles. The van der Waals surface area contributed by atoms with E-state index in [4.69, 9.17) is 0 Å². The summed E-state index contributed by atoms with van der Waals surface area (Å²) in [5.41, 5.74) is 1.90. The van der Waals surface area contributed by atoms with Crippen LogP contribution in [0.1, 0.15) is 22.3 Å². The van der Waals surface area contributed by atoms with E-state index in [-0.39, 0.29) is 12.0 Å². The lowest BCUT2D eigenvalue weighted by Crippen LogP contribution is -2.29. The van der Waals surface area contributed by atoms with E-state index in [0.29, 0.717) is 19.5 Å². The predicted molar refractivity (Wildman–Crippen MR) is 70.2 cm³/mol. The highest BCUT2D eigenvalue weighted by Crippen LogP contribution is 2.16. The number of thioether (sulfide) groups is 1. The zero-order chi connectivity index (χ0) is 12.3.